The Balaban J connectivity index is 1.32. The second-order valence-electron chi connectivity index (χ2n) is 6.98. The van der Waals surface area contributed by atoms with Crippen LogP contribution in [-0.4, -0.2) is 59.2 Å². The quantitative estimate of drug-likeness (QED) is 0.881. The van der Waals surface area contributed by atoms with Gasteiger partial charge in [-0.25, -0.2) is 4.98 Å². The molecule has 0 unspecified atom stereocenters. The molecule has 1 amide bonds. The molecule has 6 nitrogen and oxygen atoms in total. The zero-order valence-corrected chi connectivity index (χ0v) is 13.4. The van der Waals surface area contributed by atoms with Gasteiger partial charge in [0.1, 0.15) is 5.69 Å². The molecular formula is C17H24N4O2. The van der Waals surface area contributed by atoms with Crippen molar-refractivity contribution >= 4 is 5.91 Å². The third kappa shape index (κ3) is 3.38. The Kier molecular flexibility index (Phi) is 4.27. The molecule has 0 spiro atoms. The first-order valence-corrected chi connectivity index (χ1v) is 8.71. The maximum atomic E-state index is 12.1. The Morgan fingerprint density at radius 3 is 3.00 bits per heavy atom. The van der Waals surface area contributed by atoms with E-state index in [2.05, 4.69) is 20.2 Å². The smallest absolute Gasteiger partial charge is 0.271 e. The number of aromatic nitrogens is 2. The van der Waals surface area contributed by atoms with Crippen LogP contribution in [-0.2, 0) is 4.74 Å². The van der Waals surface area contributed by atoms with Gasteiger partial charge in [-0.05, 0) is 31.6 Å². The minimum Gasteiger partial charge on any atom is -0.375 e. The average molecular weight is 316 g/mol. The molecule has 3 atom stereocenters. The van der Waals surface area contributed by atoms with Crippen molar-refractivity contribution in [1.82, 2.24) is 20.2 Å². The van der Waals surface area contributed by atoms with Crippen molar-refractivity contribution in [1.29, 1.82) is 0 Å². The molecule has 0 radical (unpaired) electrons. The SMILES string of the molecule is O=C(NC[C@@H]1CC[C@H]2[C@@H]1OCCN2CC1CC1)c1cnccn1. The summed E-state index contributed by atoms with van der Waals surface area (Å²) in [5.74, 6) is 1.18. The second-order valence-corrected chi connectivity index (χ2v) is 6.98. The van der Waals surface area contributed by atoms with Crippen molar-refractivity contribution in [3.63, 3.8) is 0 Å². The van der Waals surface area contributed by atoms with E-state index in [0.29, 0.717) is 24.2 Å². The fourth-order valence-corrected chi connectivity index (χ4v) is 3.94. The summed E-state index contributed by atoms with van der Waals surface area (Å²) in [5, 5.41) is 3.00. The van der Waals surface area contributed by atoms with Gasteiger partial charge in [-0.1, -0.05) is 0 Å². The first-order valence-electron chi connectivity index (χ1n) is 8.71. The molecule has 2 aliphatic carbocycles. The highest BCUT2D eigenvalue weighted by Crippen LogP contribution is 2.37. The zero-order valence-electron chi connectivity index (χ0n) is 13.4. The maximum Gasteiger partial charge on any atom is 0.271 e. The van der Waals surface area contributed by atoms with Crippen LogP contribution < -0.4 is 5.32 Å². The van der Waals surface area contributed by atoms with E-state index in [1.54, 1.807) is 12.4 Å². The molecule has 0 bridgehead atoms. The van der Waals surface area contributed by atoms with Gasteiger partial charge in [0.2, 0.25) is 0 Å². The Labute approximate surface area is 136 Å². The number of morpholine rings is 1. The van der Waals surface area contributed by atoms with Gasteiger partial charge in [-0.2, -0.15) is 0 Å². The molecule has 1 aromatic rings. The summed E-state index contributed by atoms with van der Waals surface area (Å²) in [6, 6.07) is 0.544. The summed E-state index contributed by atoms with van der Waals surface area (Å²) < 4.78 is 6.06. The Morgan fingerprint density at radius 2 is 2.22 bits per heavy atom. The fraction of sp³-hybridized carbons (Fsp3) is 0.706. The van der Waals surface area contributed by atoms with Gasteiger partial charge in [0.15, 0.2) is 0 Å². The lowest BCUT2D eigenvalue weighted by molar-refractivity contribution is -0.0739. The highest BCUT2D eigenvalue weighted by molar-refractivity contribution is 5.91. The average Bonchev–Trinajstić information content (AvgIpc) is 3.31. The molecule has 23 heavy (non-hydrogen) atoms. The standard InChI is InChI=1S/C17H24N4O2/c22-17(14-10-18-5-6-19-14)20-9-13-3-4-15-16(13)23-8-7-21(15)11-12-1-2-12/h5-6,10,12-13,15-16H,1-4,7-9,11H2,(H,20,22)/t13-,15-,16+/m0/s1. The van der Waals surface area contributed by atoms with E-state index in [1.165, 1.54) is 32.0 Å². The number of hydrogen-bond donors (Lipinski definition) is 1. The Hall–Kier alpha value is -1.53. The van der Waals surface area contributed by atoms with Gasteiger partial charge >= 0.3 is 0 Å². The number of nitrogens with zero attached hydrogens (tertiary/aromatic N) is 3. The summed E-state index contributed by atoms with van der Waals surface area (Å²) in [5.41, 5.74) is 0.377. The summed E-state index contributed by atoms with van der Waals surface area (Å²) in [6.45, 7) is 3.79. The molecule has 0 aromatic carbocycles. The molecule has 6 heteroatoms. The van der Waals surface area contributed by atoms with Crippen molar-refractivity contribution in [3.8, 4) is 0 Å². The lowest BCUT2D eigenvalue weighted by Crippen LogP contribution is -2.52. The summed E-state index contributed by atoms with van der Waals surface area (Å²) in [7, 11) is 0. The number of ether oxygens (including phenoxy) is 1. The fourth-order valence-electron chi connectivity index (χ4n) is 3.94. The van der Waals surface area contributed by atoms with E-state index in [9.17, 15) is 4.79 Å². The molecule has 1 saturated heterocycles. The van der Waals surface area contributed by atoms with Crippen molar-refractivity contribution in [2.24, 2.45) is 11.8 Å². The van der Waals surface area contributed by atoms with Gasteiger partial charge in [-0.3, -0.25) is 14.7 Å². The number of rotatable bonds is 5. The third-order valence-corrected chi connectivity index (χ3v) is 5.35. The maximum absolute atomic E-state index is 12.1. The topological polar surface area (TPSA) is 67.3 Å². The van der Waals surface area contributed by atoms with Crippen LogP contribution in [0.15, 0.2) is 18.6 Å². The van der Waals surface area contributed by atoms with Crippen LogP contribution >= 0.6 is 0 Å². The number of hydrogen-bond acceptors (Lipinski definition) is 5. The van der Waals surface area contributed by atoms with Gasteiger partial charge < -0.3 is 10.1 Å². The summed E-state index contributed by atoms with van der Waals surface area (Å²) >= 11 is 0. The van der Waals surface area contributed by atoms with E-state index < -0.39 is 0 Å². The Bertz CT molecular complexity index is 549. The highest BCUT2D eigenvalue weighted by atomic mass is 16.5. The second kappa shape index (κ2) is 6.53. The number of nitrogens with one attached hydrogen (secondary N) is 1. The number of carbonyl (C=O) groups is 1. The van der Waals surface area contributed by atoms with Crippen molar-refractivity contribution in [2.75, 3.05) is 26.2 Å². The zero-order chi connectivity index (χ0) is 15.6. The molecule has 1 aliphatic heterocycles. The van der Waals surface area contributed by atoms with E-state index in [4.69, 9.17) is 4.74 Å². The normalized spacial score (nSPS) is 30.9. The molecule has 2 heterocycles. The van der Waals surface area contributed by atoms with Gasteiger partial charge in [-0.15, -0.1) is 0 Å². The van der Waals surface area contributed by atoms with E-state index in [1.807, 2.05) is 0 Å². The first kappa shape index (κ1) is 15.0. The van der Waals surface area contributed by atoms with Gasteiger partial charge in [0.05, 0.1) is 18.9 Å². The number of carbonyl (C=O) groups excluding carboxylic acids is 1. The lowest BCUT2D eigenvalue weighted by Gasteiger charge is -2.39. The molecule has 3 fully saturated rings. The highest BCUT2D eigenvalue weighted by Gasteiger charge is 2.43. The van der Waals surface area contributed by atoms with Crippen LogP contribution in [0.4, 0.5) is 0 Å². The van der Waals surface area contributed by atoms with Crippen LogP contribution in [0.2, 0.25) is 0 Å². The van der Waals surface area contributed by atoms with E-state index >= 15 is 0 Å². The molecule has 124 valence electrons. The monoisotopic (exact) mass is 316 g/mol. The number of amides is 1. The van der Waals surface area contributed by atoms with Gasteiger partial charge in [0, 0.05) is 44.0 Å². The van der Waals surface area contributed by atoms with Crippen LogP contribution in [0, 0.1) is 11.8 Å². The van der Waals surface area contributed by atoms with Crippen molar-refractivity contribution < 1.29 is 9.53 Å². The Morgan fingerprint density at radius 1 is 1.30 bits per heavy atom. The predicted molar refractivity (Wildman–Crippen MR) is 84.9 cm³/mol. The summed E-state index contributed by atoms with van der Waals surface area (Å²) in [4.78, 5) is 22.7. The predicted octanol–water partition coefficient (Wildman–Crippen LogP) is 1.10. The minimum atomic E-state index is -0.146. The third-order valence-electron chi connectivity index (χ3n) is 5.35. The molecule has 1 N–H and O–H groups in total. The van der Waals surface area contributed by atoms with Crippen LogP contribution in [0.3, 0.4) is 0 Å². The van der Waals surface area contributed by atoms with Crippen LogP contribution in [0.5, 0.6) is 0 Å². The molecule has 4 rings (SSSR count). The minimum absolute atomic E-state index is 0.146. The van der Waals surface area contributed by atoms with Crippen LogP contribution in [0.1, 0.15) is 36.2 Å². The number of fused-ring (bicyclic) bond motifs is 1. The van der Waals surface area contributed by atoms with Gasteiger partial charge in [0.25, 0.3) is 5.91 Å². The first-order chi connectivity index (χ1) is 11.3. The van der Waals surface area contributed by atoms with E-state index in [-0.39, 0.29) is 12.0 Å². The molecule has 3 aliphatic rings. The van der Waals surface area contributed by atoms with Crippen LogP contribution in [0.25, 0.3) is 0 Å². The molecule has 2 saturated carbocycles. The largest absolute Gasteiger partial charge is 0.375 e. The lowest BCUT2D eigenvalue weighted by atomic mass is 10.0. The van der Waals surface area contributed by atoms with E-state index in [0.717, 1.165) is 25.5 Å². The van der Waals surface area contributed by atoms with Crippen molar-refractivity contribution in [2.45, 2.75) is 37.8 Å². The molecule has 1 aromatic heterocycles. The molecular weight excluding hydrogens is 292 g/mol. The summed E-state index contributed by atoms with van der Waals surface area (Å²) in [6.07, 6.45) is 9.98. The van der Waals surface area contributed by atoms with Crippen molar-refractivity contribution in [3.05, 3.63) is 24.3 Å².